The fraction of sp³-hybridized carbons (Fsp3) is 0.455. The van der Waals surface area contributed by atoms with Gasteiger partial charge >= 0.3 is 7.12 Å². The second-order valence-corrected chi connectivity index (χ2v) is 6.04. The molecule has 0 unspecified atom stereocenters. The first-order valence-corrected chi connectivity index (χ1v) is 7.02. The molecule has 2 N–H and O–H groups in total. The lowest BCUT2D eigenvalue weighted by molar-refractivity contribution is 0.426. The van der Waals surface area contributed by atoms with Crippen molar-refractivity contribution in [2.45, 2.75) is 13.8 Å². The molecule has 0 aliphatic heterocycles. The van der Waals surface area contributed by atoms with E-state index >= 15 is 0 Å². The molecule has 1 rings (SSSR count). The summed E-state index contributed by atoms with van der Waals surface area (Å²) in [6.45, 7) is 0.403. The summed E-state index contributed by atoms with van der Waals surface area (Å²) in [6.07, 6.45) is 1.75. The van der Waals surface area contributed by atoms with Crippen molar-refractivity contribution < 1.29 is 18.5 Å². The van der Waals surface area contributed by atoms with Crippen molar-refractivity contribution in [1.29, 1.82) is 0 Å². The minimum Gasteiger partial charge on any atom is -0.423 e. The number of rotatable bonds is 5. The molecule has 1 aromatic rings. The van der Waals surface area contributed by atoms with Crippen LogP contribution in [0.4, 0.5) is 0 Å². The third kappa shape index (κ3) is 5.18. The quantitative estimate of drug-likeness (QED) is 0.705. The summed E-state index contributed by atoms with van der Waals surface area (Å²) in [5, 5.41) is 17.8. The van der Waals surface area contributed by atoms with Gasteiger partial charge in [0.05, 0.1) is 6.26 Å². The van der Waals surface area contributed by atoms with Crippen molar-refractivity contribution >= 4 is 22.6 Å². The van der Waals surface area contributed by atoms with Crippen molar-refractivity contribution in [2.75, 3.05) is 19.8 Å². The fourth-order valence-electron chi connectivity index (χ4n) is 1.31. The van der Waals surface area contributed by atoms with E-state index in [0.717, 1.165) is 11.8 Å². The first kappa shape index (κ1) is 17.1. The Morgan fingerprint density at radius 1 is 1.22 bits per heavy atom. The minimum atomic E-state index is -3.14. The van der Waals surface area contributed by atoms with Gasteiger partial charge < -0.3 is 10.0 Å². The van der Waals surface area contributed by atoms with Crippen LogP contribution in [0.15, 0.2) is 24.3 Å². The number of benzene rings is 1. The molecule has 0 aliphatic carbocycles. The number of likely N-dealkylation sites (N-methyl/N-ethyl adjacent to an activating group) is 1. The Kier molecular flexibility index (Phi) is 6.55. The highest BCUT2D eigenvalue weighted by Gasteiger charge is 2.12. The van der Waals surface area contributed by atoms with E-state index in [9.17, 15) is 8.42 Å². The van der Waals surface area contributed by atoms with Gasteiger partial charge in [0.1, 0.15) is 0 Å². The summed E-state index contributed by atoms with van der Waals surface area (Å²) in [6, 6.07) is 6.73. The zero-order valence-corrected chi connectivity index (χ0v) is 10.7. The molecule has 0 aromatic heterocycles. The maximum atomic E-state index is 11.2. The van der Waals surface area contributed by atoms with E-state index in [1.54, 1.807) is 24.3 Å². The molecule has 0 amide bonds. The molecular weight excluding hydrogens is 253 g/mol. The van der Waals surface area contributed by atoms with Crippen molar-refractivity contribution in [2.24, 2.45) is 0 Å². The number of hydrogen-bond acceptors (Lipinski definition) is 4. The average Bonchev–Trinajstić information content (AvgIpc) is 2.25. The van der Waals surface area contributed by atoms with Gasteiger partial charge in [-0.05, 0) is 17.4 Å². The Morgan fingerprint density at radius 2 is 1.72 bits per heavy atom. The first-order chi connectivity index (χ1) is 7.80. The predicted octanol–water partition coefficient (Wildman–Crippen LogP) is -0.564. The van der Waals surface area contributed by atoms with Gasteiger partial charge in [-0.2, -0.15) is 0 Å². The van der Waals surface area contributed by atoms with Gasteiger partial charge in [-0.25, -0.2) is 12.7 Å². The Bertz CT molecular complexity index is 458. The monoisotopic (exact) mass is 273 g/mol. The van der Waals surface area contributed by atoms with Crippen LogP contribution in [0.5, 0.6) is 0 Å². The second kappa shape index (κ2) is 6.89. The molecule has 0 fully saturated rings. The molecule has 0 aliphatic rings. The van der Waals surface area contributed by atoms with Crippen LogP contribution in [0.3, 0.4) is 0 Å². The summed E-state index contributed by atoms with van der Waals surface area (Å²) >= 11 is 0. The molecule has 1 aromatic carbocycles. The number of hydrogen-bond donors (Lipinski definition) is 2. The van der Waals surface area contributed by atoms with E-state index in [-0.39, 0.29) is 7.43 Å². The van der Waals surface area contributed by atoms with E-state index in [1.807, 2.05) is 0 Å². The molecule has 0 spiro atoms. The molecule has 0 bridgehead atoms. The highest BCUT2D eigenvalue weighted by Crippen LogP contribution is 2.02. The van der Waals surface area contributed by atoms with Crippen LogP contribution >= 0.6 is 0 Å². The Hall–Kier alpha value is -0.885. The SMILES string of the molecule is C.CN(CCc1ccc(B(O)O)cc1)S(C)(=O)=O. The highest BCUT2D eigenvalue weighted by molar-refractivity contribution is 7.88. The van der Waals surface area contributed by atoms with Crippen molar-refractivity contribution in [3.8, 4) is 0 Å². The predicted molar refractivity (Wildman–Crippen MR) is 74.2 cm³/mol. The first-order valence-electron chi connectivity index (χ1n) is 5.17. The Morgan fingerprint density at radius 3 is 2.11 bits per heavy atom. The van der Waals surface area contributed by atoms with Gasteiger partial charge in [0.25, 0.3) is 0 Å². The highest BCUT2D eigenvalue weighted by atomic mass is 32.2. The summed E-state index contributed by atoms with van der Waals surface area (Å²) < 4.78 is 23.6. The molecule has 0 atom stereocenters. The lowest BCUT2D eigenvalue weighted by atomic mass is 9.80. The van der Waals surface area contributed by atoms with Crippen LogP contribution in [0.25, 0.3) is 0 Å². The second-order valence-electron chi connectivity index (χ2n) is 3.95. The topological polar surface area (TPSA) is 77.8 Å². The zero-order valence-electron chi connectivity index (χ0n) is 9.87. The molecular formula is C11H20BNO4S. The summed E-state index contributed by atoms with van der Waals surface area (Å²) in [4.78, 5) is 0. The molecule has 18 heavy (non-hydrogen) atoms. The van der Waals surface area contributed by atoms with E-state index < -0.39 is 17.1 Å². The van der Waals surface area contributed by atoms with Gasteiger partial charge in [-0.1, -0.05) is 31.7 Å². The minimum absolute atomic E-state index is 0. The van der Waals surface area contributed by atoms with E-state index in [2.05, 4.69) is 0 Å². The average molecular weight is 273 g/mol. The lowest BCUT2D eigenvalue weighted by Crippen LogP contribution is -2.30. The van der Waals surface area contributed by atoms with Crippen LogP contribution in [-0.2, 0) is 16.4 Å². The number of sulfonamides is 1. The Balaban J connectivity index is 0.00000289. The van der Waals surface area contributed by atoms with Crippen LogP contribution in [-0.4, -0.2) is 49.7 Å². The fourth-order valence-corrected chi connectivity index (χ4v) is 1.73. The molecule has 5 nitrogen and oxygen atoms in total. The summed E-state index contributed by atoms with van der Waals surface area (Å²) in [5.41, 5.74) is 1.37. The number of nitrogens with zero attached hydrogens (tertiary/aromatic N) is 1. The molecule has 7 heteroatoms. The van der Waals surface area contributed by atoms with Crippen LogP contribution in [0, 0.1) is 0 Å². The largest absolute Gasteiger partial charge is 0.488 e. The van der Waals surface area contributed by atoms with Crippen molar-refractivity contribution in [3.05, 3.63) is 29.8 Å². The smallest absolute Gasteiger partial charge is 0.423 e. The third-order valence-corrected chi connectivity index (χ3v) is 3.87. The maximum Gasteiger partial charge on any atom is 0.488 e. The molecule has 0 saturated carbocycles. The Labute approximate surface area is 109 Å². The third-order valence-electron chi connectivity index (χ3n) is 2.56. The normalized spacial score (nSPS) is 11.2. The molecule has 0 radical (unpaired) electrons. The lowest BCUT2D eigenvalue weighted by Gasteiger charge is -2.13. The van der Waals surface area contributed by atoms with E-state index in [1.165, 1.54) is 11.4 Å². The van der Waals surface area contributed by atoms with Crippen LogP contribution in [0.1, 0.15) is 13.0 Å². The van der Waals surface area contributed by atoms with Gasteiger partial charge in [0.15, 0.2) is 0 Å². The summed E-state index contributed by atoms with van der Waals surface area (Å²) in [7, 11) is -3.08. The molecule has 0 heterocycles. The van der Waals surface area contributed by atoms with Gasteiger partial charge in [-0.15, -0.1) is 0 Å². The van der Waals surface area contributed by atoms with E-state index in [4.69, 9.17) is 10.0 Å². The van der Waals surface area contributed by atoms with Crippen LogP contribution in [0.2, 0.25) is 0 Å². The standard InChI is InChI=1S/C10H16BNO4S.CH4/c1-12(17(2,15)16)8-7-9-3-5-10(6-4-9)11(13)14;/h3-6,13-14H,7-8H2,1-2H3;1H4. The molecule has 102 valence electrons. The van der Waals surface area contributed by atoms with Gasteiger partial charge in [0, 0.05) is 13.6 Å². The van der Waals surface area contributed by atoms with Gasteiger partial charge in [0.2, 0.25) is 10.0 Å². The summed E-state index contributed by atoms with van der Waals surface area (Å²) in [5.74, 6) is 0. The van der Waals surface area contributed by atoms with E-state index in [0.29, 0.717) is 18.4 Å². The molecule has 0 saturated heterocycles. The maximum absolute atomic E-state index is 11.2. The van der Waals surface area contributed by atoms with Crippen LogP contribution < -0.4 is 5.46 Å². The zero-order chi connectivity index (χ0) is 13.1. The van der Waals surface area contributed by atoms with Crippen molar-refractivity contribution in [3.63, 3.8) is 0 Å². The van der Waals surface area contributed by atoms with Gasteiger partial charge in [-0.3, -0.25) is 0 Å². The van der Waals surface area contributed by atoms with Crippen molar-refractivity contribution in [1.82, 2.24) is 4.31 Å².